The zero-order valence-corrected chi connectivity index (χ0v) is 7.43. The van der Waals surface area contributed by atoms with Crippen molar-refractivity contribution < 1.29 is 4.39 Å². The fourth-order valence-electron chi connectivity index (χ4n) is 2.09. The first-order chi connectivity index (χ1) is 5.84. The van der Waals surface area contributed by atoms with Crippen LogP contribution in [0.1, 0.15) is 12.8 Å². The summed E-state index contributed by atoms with van der Waals surface area (Å²) in [4.78, 5) is 2.24. The predicted octanol–water partition coefficient (Wildman–Crippen LogP) is 0.640. The van der Waals surface area contributed by atoms with Gasteiger partial charge in [0.2, 0.25) is 0 Å². The molecule has 0 spiro atoms. The topological polar surface area (TPSA) is 15.3 Å². The lowest BCUT2D eigenvalue weighted by atomic mass is 9.96. The molecule has 12 heavy (non-hydrogen) atoms. The molecule has 2 rings (SSSR count). The van der Waals surface area contributed by atoms with Gasteiger partial charge in [0, 0.05) is 19.6 Å². The molecular formula is C9H17FN2. The monoisotopic (exact) mass is 172 g/mol. The van der Waals surface area contributed by atoms with Crippen LogP contribution in [0.4, 0.5) is 4.39 Å². The van der Waals surface area contributed by atoms with E-state index in [9.17, 15) is 4.39 Å². The molecule has 2 heterocycles. The average Bonchev–Trinajstić information content (AvgIpc) is 2.04. The summed E-state index contributed by atoms with van der Waals surface area (Å²) in [7, 11) is 0. The molecule has 2 saturated heterocycles. The molecule has 0 aliphatic carbocycles. The van der Waals surface area contributed by atoms with Crippen molar-refractivity contribution in [2.24, 2.45) is 5.92 Å². The predicted molar refractivity (Wildman–Crippen MR) is 46.9 cm³/mol. The van der Waals surface area contributed by atoms with Crippen LogP contribution in [-0.2, 0) is 0 Å². The fourth-order valence-corrected chi connectivity index (χ4v) is 2.09. The number of piperidine rings is 1. The average molecular weight is 172 g/mol. The van der Waals surface area contributed by atoms with Gasteiger partial charge >= 0.3 is 0 Å². The van der Waals surface area contributed by atoms with Crippen LogP contribution in [0.3, 0.4) is 0 Å². The number of hydrogen-bond donors (Lipinski definition) is 1. The van der Waals surface area contributed by atoms with Gasteiger partial charge in [0.1, 0.15) is 6.17 Å². The summed E-state index contributed by atoms with van der Waals surface area (Å²) in [5.41, 5.74) is 0. The molecule has 0 amide bonds. The van der Waals surface area contributed by atoms with Crippen LogP contribution in [-0.4, -0.2) is 43.8 Å². The number of nitrogens with one attached hydrogen (secondary N) is 1. The number of likely N-dealkylation sites (tertiary alicyclic amines) is 1. The molecule has 2 aliphatic heterocycles. The maximum atomic E-state index is 12.5. The summed E-state index contributed by atoms with van der Waals surface area (Å²) in [6.45, 7) is 4.80. The summed E-state index contributed by atoms with van der Waals surface area (Å²) < 4.78 is 12.5. The van der Waals surface area contributed by atoms with Gasteiger partial charge in [-0.1, -0.05) is 0 Å². The molecule has 0 aromatic carbocycles. The van der Waals surface area contributed by atoms with Crippen LogP contribution in [0.25, 0.3) is 0 Å². The Morgan fingerprint density at radius 2 is 1.92 bits per heavy atom. The van der Waals surface area contributed by atoms with E-state index in [-0.39, 0.29) is 0 Å². The lowest BCUT2D eigenvalue weighted by Gasteiger charge is -2.37. The molecule has 0 atom stereocenters. The molecule has 2 fully saturated rings. The summed E-state index contributed by atoms with van der Waals surface area (Å²) in [6.07, 6.45) is 2.01. The molecule has 0 saturated carbocycles. The third-order valence-electron chi connectivity index (χ3n) is 2.89. The van der Waals surface area contributed by atoms with E-state index < -0.39 is 6.17 Å². The first kappa shape index (κ1) is 8.45. The highest BCUT2D eigenvalue weighted by molar-refractivity contribution is 4.82. The lowest BCUT2D eigenvalue weighted by Crippen LogP contribution is -2.51. The Hall–Kier alpha value is -0.150. The zero-order valence-electron chi connectivity index (χ0n) is 7.43. The number of rotatable bonds is 2. The summed E-state index contributed by atoms with van der Waals surface area (Å²) in [5.74, 6) is 0.818. The van der Waals surface area contributed by atoms with E-state index in [0.29, 0.717) is 13.1 Å². The van der Waals surface area contributed by atoms with Crippen molar-refractivity contribution in [2.75, 3.05) is 32.7 Å². The molecule has 70 valence electrons. The molecule has 0 aromatic rings. The van der Waals surface area contributed by atoms with Gasteiger partial charge in [-0.25, -0.2) is 4.39 Å². The molecule has 2 aliphatic rings. The Morgan fingerprint density at radius 1 is 1.25 bits per heavy atom. The second-order valence-electron chi connectivity index (χ2n) is 4.01. The van der Waals surface area contributed by atoms with Gasteiger partial charge < -0.3 is 5.32 Å². The van der Waals surface area contributed by atoms with Gasteiger partial charge in [-0.05, 0) is 31.8 Å². The van der Waals surface area contributed by atoms with Gasteiger partial charge in [0.15, 0.2) is 0 Å². The van der Waals surface area contributed by atoms with Gasteiger partial charge in [-0.2, -0.15) is 0 Å². The maximum absolute atomic E-state index is 12.5. The van der Waals surface area contributed by atoms with Gasteiger partial charge in [-0.15, -0.1) is 0 Å². The molecule has 3 heteroatoms. The third kappa shape index (κ3) is 1.96. The van der Waals surface area contributed by atoms with Crippen LogP contribution >= 0.6 is 0 Å². The van der Waals surface area contributed by atoms with E-state index in [1.165, 1.54) is 12.8 Å². The number of hydrogen-bond acceptors (Lipinski definition) is 2. The van der Waals surface area contributed by atoms with E-state index in [1.807, 2.05) is 0 Å². The summed E-state index contributed by atoms with van der Waals surface area (Å²) in [6, 6.07) is 0. The minimum atomic E-state index is -0.535. The molecule has 0 unspecified atom stereocenters. The van der Waals surface area contributed by atoms with Gasteiger partial charge in [0.25, 0.3) is 0 Å². The van der Waals surface area contributed by atoms with Crippen molar-refractivity contribution >= 4 is 0 Å². The number of nitrogens with zero attached hydrogens (tertiary/aromatic N) is 1. The first-order valence-electron chi connectivity index (χ1n) is 4.92. The van der Waals surface area contributed by atoms with E-state index in [1.54, 1.807) is 0 Å². The number of alkyl halides is 1. The largest absolute Gasteiger partial charge is 0.317 e. The third-order valence-corrected chi connectivity index (χ3v) is 2.89. The molecular weight excluding hydrogens is 155 g/mol. The molecule has 0 radical (unpaired) electrons. The van der Waals surface area contributed by atoms with E-state index in [4.69, 9.17) is 0 Å². The van der Waals surface area contributed by atoms with Crippen LogP contribution in [0.5, 0.6) is 0 Å². The maximum Gasteiger partial charge on any atom is 0.125 e. The SMILES string of the molecule is FC1CN(CC2CCNCC2)C1. The van der Waals surface area contributed by atoms with Crippen LogP contribution < -0.4 is 5.32 Å². The highest BCUT2D eigenvalue weighted by atomic mass is 19.1. The highest BCUT2D eigenvalue weighted by Crippen LogP contribution is 2.18. The second-order valence-corrected chi connectivity index (χ2v) is 4.01. The van der Waals surface area contributed by atoms with Crippen LogP contribution in [0, 0.1) is 5.92 Å². The Balaban J connectivity index is 1.65. The molecule has 0 bridgehead atoms. The Labute approximate surface area is 73.1 Å². The van der Waals surface area contributed by atoms with E-state index in [2.05, 4.69) is 10.2 Å². The highest BCUT2D eigenvalue weighted by Gasteiger charge is 2.28. The van der Waals surface area contributed by atoms with Gasteiger partial charge in [-0.3, -0.25) is 4.90 Å². The molecule has 2 nitrogen and oxygen atoms in total. The van der Waals surface area contributed by atoms with Crippen molar-refractivity contribution in [1.29, 1.82) is 0 Å². The molecule has 0 aromatic heterocycles. The van der Waals surface area contributed by atoms with Gasteiger partial charge in [0.05, 0.1) is 0 Å². The summed E-state index contributed by atoms with van der Waals surface area (Å²) in [5, 5.41) is 3.34. The standard InChI is InChI=1S/C9H17FN2/c10-9-6-12(7-9)5-8-1-3-11-4-2-8/h8-9,11H,1-7H2. The van der Waals surface area contributed by atoms with Crippen molar-refractivity contribution in [1.82, 2.24) is 10.2 Å². The second kappa shape index (κ2) is 3.71. The smallest absolute Gasteiger partial charge is 0.125 e. The van der Waals surface area contributed by atoms with Crippen molar-refractivity contribution in [3.05, 3.63) is 0 Å². The summed E-state index contributed by atoms with van der Waals surface area (Å²) >= 11 is 0. The Kier molecular flexibility index (Phi) is 2.61. The van der Waals surface area contributed by atoms with E-state index in [0.717, 1.165) is 25.6 Å². The normalized spacial score (nSPS) is 28.8. The fraction of sp³-hybridized carbons (Fsp3) is 1.00. The van der Waals surface area contributed by atoms with Crippen LogP contribution in [0.15, 0.2) is 0 Å². The van der Waals surface area contributed by atoms with Crippen molar-refractivity contribution in [3.63, 3.8) is 0 Å². The lowest BCUT2D eigenvalue weighted by molar-refractivity contribution is 0.0471. The van der Waals surface area contributed by atoms with Crippen LogP contribution in [0.2, 0.25) is 0 Å². The van der Waals surface area contributed by atoms with Crippen molar-refractivity contribution in [2.45, 2.75) is 19.0 Å². The Bertz CT molecular complexity index is 139. The minimum absolute atomic E-state index is 0.535. The Morgan fingerprint density at radius 3 is 2.50 bits per heavy atom. The first-order valence-corrected chi connectivity index (χ1v) is 4.92. The quantitative estimate of drug-likeness (QED) is 0.657. The minimum Gasteiger partial charge on any atom is -0.317 e. The molecule has 1 N–H and O–H groups in total. The zero-order chi connectivity index (χ0) is 8.39. The van der Waals surface area contributed by atoms with E-state index >= 15 is 0 Å². The number of halogens is 1. The van der Waals surface area contributed by atoms with Crippen molar-refractivity contribution in [3.8, 4) is 0 Å².